The van der Waals surface area contributed by atoms with Gasteiger partial charge in [-0.1, -0.05) is 6.07 Å². The molecule has 0 saturated carbocycles. The second-order valence-corrected chi connectivity index (χ2v) is 6.43. The van der Waals surface area contributed by atoms with Crippen LogP contribution in [0.1, 0.15) is 31.9 Å². The molecule has 1 aromatic carbocycles. The molecule has 0 heterocycles. The third kappa shape index (κ3) is 3.52. The summed E-state index contributed by atoms with van der Waals surface area (Å²) in [5.41, 5.74) is 6.35. The number of nitrogens with one attached hydrogen (secondary N) is 1. The van der Waals surface area contributed by atoms with Crippen molar-refractivity contribution < 1.29 is 19.4 Å². The van der Waals surface area contributed by atoms with Crippen LogP contribution in [0.2, 0.25) is 0 Å². The molecule has 0 fully saturated rings. The summed E-state index contributed by atoms with van der Waals surface area (Å²) in [5, 5.41) is 11.8. The average Bonchev–Trinajstić information content (AvgIpc) is 2.63. The highest BCUT2D eigenvalue weighted by molar-refractivity contribution is 5.86. The Balaban J connectivity index is 2.11. The highest BCUT2D eigenvalue weighted by Gasteiger charge is 2.40. The van der Waals surface area contributed by atoms with E-state index in [0.717, 1.165) is 11.1 Å². The van der Waals surface area contributed by atoms with Crippen molar-refractivity contribution in [3.8, 4) is 0 Å². The number of anilines is 1. The molecule has 0 saturated heterocycles. The van der Waals surface area contributed by atoms with E-state index in [2.05, 4.69) is 5.32 Å². The second-order valence-electron chi connectivity index (χ2n) is 6.43. The standard InChI is InChI=1S/C15H20N2O4/c1-14(2,3)21-13(20)17-11-5-4-9-7-15(16,12(18)19)8-10(9)6-11/h4-6H,7-8,16H2,1-3H3,(H,17,20)(H,18,19). The van der Waals surface area contributed by atoms with Gasteiger partial charge in [-0.2, -0.15) is 0 Å². The van der Waals surface area contributed by atoms with E-state index in [1.54, 1.807) is 39.0 Å². The SMILES string of the molecule is CC(C)(C)OC(=O)Nc1ccc2c(c1)CC(N)(C(=O)O)C2. The zero-order valence-corrected chi connectivity index (χ0v) is 12.4. The number of amides is 1. The third-order valence-corrected chi connectivity index (χ3v) is 3.29. The van der Waals surface area contributed by atoms with E-state index in [9.17, 15) is 14.7 Å². The van der Waals surface area contributed by atoms with E-state index < -0.39 is 23.2 Å². The van der Waals surface area contributed by atoms with Gasteiger partial charge in [0.2, 0.25) is 0 Å². The molecule has 0 spiro atoms. The summed E-state index contributed by atoms with van der Waals surface area (Å²) in [6.07, 6.45) is 0.00371. The summed E-state index contributed by atoms with van der Waals surface area (Å²) < 4.78 is 5.17. The molecule has 0 radical (unpaired) electrons. The first-order valence-corrected chi connectivity index (χ1v) is 6.73. The number of carbonyl (C=O) groups excluding carboxylic acids is 1. The van der Waals surface area contributed by atoms with Crippen LogP contribution in [0.5, 0.6) is 0 Å². The largest absolute Gasteiger partial charge is 0.480 e. The van der Waals surface area contributed by atoms with Crippen LogP contribution in [-0.4, -0.2) is 28.3 Å². The van der Waals surface area contributed by atoms with Crippen LogP contribution < -0.4 is 11.1 Å². The van der Waals surface area contributed by atoms with Crippen molar-refractivity contribution in [2.75, 3.05) is 5.32 Å². The minimum Gasteiger partial charge on any atom is -0.480 e. The number of benzene rings is 1. The van der Waals surface area contributed by atoms with Crippen LogP contribution in [0, 0.1) is 0 Å². The molecule has 0 aliphatic heterocycles. The molecular formula is C15H20N2O4. The number of nitrogens with two attached hydrogens (primary N) is 1. The van der Waals surface area contributed by atoms with Gasteiger partial charge in [0, 0.05) is 18.5 Å². The van der Waals surface area contributed by atoms with Gasteiger partial charge in [-0.25, -0.2) is 4.79 Å². The van der Waals surface area contributed by atoms with Crippen molar-refractivity contribution in [1.29, 1.82) is 0 Å². The van der Waals surface area contributed by atoms with Gasteiger partial charge in [0.15, 0.2) is 0 Å². The van der Waals surface area contributed by atoms with Gasteiger partial charge >= 0.3 is 12.1 Å². The van der Waals surface area contributed by atoms with Crippen molar-refractivity contribution in [3.05, 3.63) is 29.3 Å². The quantitative estimate of drug-likeness (QED) is 0.773. The second kappa shape index (κ2) is 5.04. The van der Waals surface area contributed by atoms with Gasteiger partial charge < -0.3 is 15.6 Å². The molecule has 4 N–H and O–H groups in total. The highest BCUT2D eigenvalue weighted by Crippen LogP contribution is 2.30. The third-order valence-electron chi connectivity index (χ3n) is 3.29. The van der Waals surface area contributed by atoms with Gasteiger partial charge in [-0.3, -0.25) is 10.1 Å². The van der Waals surface area contributed by atoms with Crippen molar-refractivity contribution in [2.24, 2.45) is 5.73 Å². The van der Waals surface area contributed by atoms with Crippen molar-refractivity contribution >= 4 is 17.7 Å². The Kier molecular flexibility index (Phi) is 3.67. The molecule has 1 aromatic rings. The van der Waals surface area contributed by atoms with E-state index in [-0.39, 0.29) is 6.42 Å². The van der Waals surface area contributed by atoms with Crippen molar-refractivity contribution in [3.63, 3.8) is 0 Å². The van der Waals surface area contributed by atoms with Gasteiger partial charge in [-0.15, -0.1) is 0 Å². The number of rotatable bonds is 2. The molecule has 114 valence electrons. The molecular weight excluding hydrogens is 272 g/mol. The van der Waals surface area contributed by atoms with Crippen LogP contribution in [0.3, 0.4) is 0 Å². The smallest absolute Gasteiger partial charge is 0.412 e. The van der Waals surface area contributed by atoms with Gasteiger partial charge in [0.1, 0.15) is 11.1 Å². The first kappa shape index (κ1) is 15.3. The minimum atomic E-state index is -1.26. The lowest BCUT2D eigenvalue weighted by Gasteiger charge is -2.19. The van der Waals surface area contributed by atoms with Crippen molar-refractivity contribution in [2.45, 2.75) is 44.8 Å². The van der Waals surface area contributed by atoms with Crippen LogP contribution in [-0.2, 0) is 22.4 Å². The lowest BCUT2D eigenvalue weighted by Crippen LogP contribution is -2.48. The van der Waals surface area contributed by atoms with Gasteiger partial charge in [-0.05, 0) is 44.0 Å². The Morgan fingerprint density at radius 2 is 1.90 bits per heavy atom. The fourth-order valence-electron chi connectivity index (χ4n) is 2.36. The Morgan fingerprint density at radius 3 is 2.48 bits per heavy atom. The minimum absolute atomic E-state index is 0.251. The maximum atomic E-state index is 11.7. The number of hydrogen-bond acceptors (Lipinski definition) is 4. The predicted octanol–water partition coefficient (Wildman–Crippen LogP) is 1.91. The maximum Gasteiger partial charge on any atom is 0.412 e. The van der Waals surface area contributed by atoms with Gasteiger partial charge in [0.05, 0.1) is 0 Å². The summed E-state index contributed by atoms with van der Waals surface area (Å²) in [6, 6.07) is 5.26. The summed E-state index contributed by atoms with van der Waals surface area (Å²) >= 11 is 0. The Hall–Kier alpha value is -2.08. The lowest BCUT2D eigenvalue weighted by molar-refractivity contribution is -0.142. The fraction of sp³-hybridized carbons (Fsp3) is 0.467. The number of hydrogen-bond donors (Lipinski definition) is 3. The Morgan fingerprint density at radius 1 is 1.29 bits per heavy atom. The zero-order valence-electron chi connectivity index (χ0n) is 12.4. The van der Waals surface area contributed by atoms with E-state index >= 15 is 0 Å². The van der Waals surface area contributed by atoms with Crippen LogP contribution in [0.25, 0.3) is 0 Å². The Labute approximate surface area is 123 Å². The molecule has 0 bridgehead atoms. The zero-order chi connectivity index (χ0) is 15.8. The number of fused-ring (bicyclic) bond motifs is 1. The molecule has 6 heteroatoms. The van der Waals surface area contributed by atoms with Crippen LogP contribution in [0.15, 0.2) is 18.2 Å². The van der Waals surface area contributed by atoms with E-state index in [1.165, 1.54) is 0 Å². The van der Waals surface area contributed by atoms with Gasteiger partial charge in [0.25, 0.3) is 0 Å². The molecule has 2 rings (SSSR count). The number of aliphatic carboxylic acids is 1. The molecule has 1 aliphatic rings. The highest BCUT2D eigenvalue weighted by atomic mass is 16.6. The maximum absolute atomic E-state index is 11.7. The topological polar surface area (TPSA) is 102 Å². The first-order chi connectivity index (χ1) is 9.59. The molecule has 1 aliphatic carbocycles. The van der Waals surface area contributed by atoms with Crippen LogP contribution in [0.4, 0.5) is 10.5 Å². The predicted molar refractivity (Wildman–Crippen MR) is 78.3 cm³/mol. The van der Waals surface area contributed by atoms with E-state index in [1.807, 2.05) is 0 Å². The summed E-state index contributed by atoms with van der Waals surface area (Å²) in [4.78, 5) is 22.9. The fourth-order valence-corrected chi connectivity index (χ4v) is 2.36. The lowest BCUT2D eigenvalue weighted by atomic mass is 9.98. The number of carbonyl (C=O) groups is 2. The summed E-state index contributed by atoms with van der Waals surface area (Å²) in [5.74, 6) is -1.01. The number of carboxylic acids is 1. The molecule has 1 unspecified atom stereocenters. The monoisotopic (exact) mass is 292 g/mol. The summed E-state index contributed by atoms with van der Waals surface area (Å²) in [7, 11) is 0. The number of carboxylic acid groups (broad SMARTS) is 1. The molecule has 1 amide bonds. The van der Waals surface area contributed by atoms with E-state index in [0.29, 0.717) is 12.1 Å². The number of ether oxygens (including phenoxy) is 1. The molecule has 21 heavy (non-hydrogen) atoms. The molecule has 1 atom stereocenters. The molecule has 6 nitrogen and oxygen atoms in total. The molecule has 0 aromatic heterocycles. The normalized spacial score (nSPS) is 20.8. The van der Waals surface area contributed by atoms with Crippen LogP contribution >= 0.6 is 0 Å². The first-order valence-electron chi connectivity index (χ1n) is 6.73. The average molecular weight is 292 g/mol. The summed E-state index contributed by atoms with van der Waals surface area (Å²) in [6.45, 7) is 5.35. The van der Waals surface area contributed by atoms with Crippen molar-refractivity contribution in [1.82, 2.24) is 0 Å². The van der Waals surface area contributed by atoms with E-state index in [4.69, 9.17) is 10.5 Å². The Bertz CT molecular complexity index is 592.